The molecule has 4 heteroatoms. The van der Waals surface area contributed by atoms with Crippen LogP contribution in [-0.4, -0.2) is 18.8 Å². The summed E-state index contributed by atoms with van der Waals surface area (Å²) in [6.45, 7) is 2.74. The van der Waals surface area contributed by atoms with Crippen LogP contribution < -0.4 is 5.32 Å². The lowest BCUT2D eigenvalue weighted by Crippen LogP contribution is -2.60. The second kappa shape index (κ2) is 5.32. The molecule has 0 heterocycles. The number of hydrogen-bond acceptors (Lipinski definition) is 2. The molecule has 0 radical (unpaired) electrons. The fourth-order valence-corrected chi connectivity index (χ4v) is 3.88. The van der Waals surface area contributed by atoms with Crippen LogP contribution in [0, 0.1) is 17.0 Å². The zero-order valence-corrected chi connectivity index (χ0v) is 11.8. The third kappa shape index (κ3) is 2.20. The smallest absolute Gasteiger partial charge is 0.149 e. The third-order valence-electron chi connectivity index (χ3n) is 4.95. The van der Waals surface area contributed by atoms with Crippen LogP contribution >= 0.6 is 0 Å². The van der Waals surface area contributed by atoms with Crippen molar-refractivity contribution in [1.82, 2.24) is 0 Å². The lowest BCUT2D eigenvalue weighted by atomic mass is 9.60. The zero-order valence-electron chi connectivity index (χ0n) is 11.8. The molecule has 0 aromatic heterocycles. The molecule has 3 rings (SSSR count). The minimum Gasteiger partial charge on any atom is -0.379 e. The summed E-state index contributed by atoms with van der Waals surface area (Å²) in [5.74, 6) is -1.05. The first kappa shape index (κ1) is 13.8. The Bertz CT molecular complexity index is 485. The first-order valence-electron chi connectivity index (χ1n) is 7.49. The van der Waals surface area contributed by atoms with Gasteiger partial charge < -0.3 is 10.1 Å². The molecular weight excluding hydrogens is 260 g/mol. The molecule has 0 bridgehead atoms. The summed E-state index contributed by atoms with van der Waals surface area (Å²) in [5, 5.41) is 3.27. The fourth-order valence-electron chi connectivity index (χ4n) is 3.88. The number of hydrogen-bond donors (Lipinski definition) is 1. The lowest BCUT2D eigenvalue weighted by Gasteiger charge is -2.54. The van der Waals surface area contributed by atoms with Gasteiger partial charge in [0.05, 0.1) is 11.8 Å². The molecule has 1 aromatic rings. The van der Waals surface area contributed by atoms with E-state index < -0.39 is 11.6 Å². The van der Waals surface area contributed by atoms with Gasteiger partial charge in [-0.1, -0.05) is 12.8 Å². The third-order valence-corrected chi connectivity index (χ3v) is 4.95. The molecule has 0 saturated heterocycles. The number of halogens is 2. The van der Waals surface area contributed by atoms with Gasteiger partial charge in [-0.05, 0) is 38.3 Å². The van der Waals surface area contributed by atoms with Gasteiger partial charge in [0, 0.05) is 24.1 Å². The number of rotatable bonds is 4. The van der Waals surface area contributed by atoms with E-state index >= 15 is 0 Å². The van der Waals surface area contributed by atoms with E-state index in [0.717, 1.165) is 31.9 Å². The Morgan fingerprint density at radius 2 is 2.05 bits per heavy atom. The van der Waals surface area contributed by atoms with Crippen molar-refractivity contribution in [2.45, 2.75) is 51.2 Å². The van der Waals surface area contributed by atoms with E-state index in [0.29, 0.717) is 5.69 Å². The van der Waals surface area contributed by atoms with Crippen LogP contribution in [0.4, 0.5) is 14.5 Å². The first-order valence-corrected chi connectivity index (χ1v) is 7.49. The lowest BCUT2D eigenvalue weighted by molar-refractivity contribution is -0.114. The average molecular weight is 281 g/mol. The molecule has 2 saturated carbocycles. The predicted octanol–water partition coefficient (Wildman–Crippen LogP) is 4.11. The summed E-state index contributed by atoms with van der Waals surface area (Å²) in [6.07, 6.45) is 5.90. The van der Waals surface area contributed by atoms with E-state index in [1.807, 2.05) is 6.92 Å². The highest BCUT2D eigenvalue weighted by molar-refractivity contribution is 5.47. The molecule has 2 atom stereocenters. The topological polar surface area (TPSA) is 21.3 Å². The highest BCUT2D eigenvalue weighted by Crippen LogP contribution is 2.55. The van der Waals surface area contributed by atoms with Crippen LogP contribution in [0.2, 0.25) is 0 Å². The van der Waals surface area contributed by atoms with Crippen molar-refractivity contribution in [2.24, 2.45) is 5.41 Å². The van der Waals surface area contributed by atoms with Gasteiger partial charge in [-0.15, -0.1) is 0 Å². The Morgan fingerprint density at radius 1 is 1.30 bits per heavy atom. The molecule has 1 aromatic carbocycles. The summed E-state index contributed by atoms with van der Waals surface area (Å²) >= 11 is 0. The van der Waals surface area contributed by atoms with E-state index in [2.05, 4.69) is 5.32 Å². The SMILES string of the molecule is CCOC1CC(Nc2ccc(F)cc2F)C12CCCC2. The van der Waals surface area contributed by atoms with Crippen LogP contribution in [-0.2, 0) is 4.74 Å². The minimum absolute atomic E-state index is 0.150. The van der Waals surface area contributed by atoms with Crippen molar-refractivity contribution in [3.05, 3.63) is 29.8 Å². The van der Waals surface area contributed by atoms with Crippen molar-refractivity contribution in [2.75, 3.05) is 11.9 Å². The number of ether oxygens (including phenoxy) is 1. The van der Waals surface area contributed by atoms with Gasteiger partial charge in [-0.3, -0.25) is 0 Å². The van der Waals surface area contributed by atoms with E-state index in [-0.39, 0.29) is 17.6 Å². The van der Waals surface area contributed by atoms with Gasteiger partial charge in [0.15, 0.2) is 0 Å². The Morgan fingerprint density at radius 3 is 2.70 bits per heavy atom. The number of benzene rings is 1. The first-order chi connectivity index (χ1) is 9.65. The van der Waals surface area contributed by atoms with Crippen LogP contribution in [0.25, 0.3) is 0 Å². The largest absolute Gasteiger partial charge is 0.379 e. The molecule has 0 aliphatic heterocycles. The second-order valence-electron chi connectivity index (χ2n) is 5.94. The summed E-state index contributed by atoms with van der Waals surface area (Å²) < 4.78 is 32.5. The average Bonchev–Trinajstić information content (AvgIpc) is 2.92. The zero-order chi connectivity index (χ0) is 14.2. The van der Waals surface area contributed by atoms with Crippen molar-refractivity contribution in [3.63, 3.8) is 0 Å². The highest BCUT2D eigenvalue weighted by Gasteiger charge is 2.56. The maximum absolute atomic E-state index is 13.8. The molecule has 110 valence electrons. The molecule has 20 heavy (non-hydrogen) atoms. The number of anilines is 1. The van der Waals surface area contributed by atoms with Gasteiger partial charge in [-0.2, -0.15) is 0 Å². The van der Waals surface area contributed by atoms with E-state index in [1.165, 1.54) is 25.0 Å². The quantitative estimate of drug-likeness (QED) is 0.896. The standard InChI is InChI=1S/C16H21F2NO/c1-2-20-15-10-14(16(15)7-3-4-8-16)19-13-6-5-11(17)9-12(13)18/h5-6,9,14-15,19H,2-4,7-8,10H2,1H3. The van der Waals surface area contributed by atoms with Crippen LogP contribution in [0.1, 0.15) is 39.0 Å². The summed E-state index contributed by atoms with van der Waals surface area (Å²) in [6, 6.07) is 3.95. The Labute approximate surface area is 118 Å². The molecule has 2 fully saturated rings. The van der Waals surface area contributed by atoms with Crippen LogP contribution in [0.15, 0.2) is 18.2 Å². The Kier molecular flexibility index (Phi) is 3.67. The molecule has 2 unspecified atom stereocenters. The second-order valence-corrected chi connectivity index (χ2v) is 5.94. The molecule has 0 amide bonds. The van der Waals surface area contributed by atoms with Crippen LogP contribution in [0.5, 0.6) is 0 Å². The molecular formula is C16H21F2NO. The van der Waals surface area contributed by atoms with Crippen molar-refractivity contribution in [1.29, 1.82) is 0 Å². The van der Waals surface area contributed by atoms with Crippen molar-refractivity contribution < 1.29 is 13.5 Å². The van der Waals surface area contributed by atoms with Gasteiger partial charge in [0.25, 0.3) is 0 Å². The molecule has 1 spiro atoms. The van der Waals surface area contributed by atoms with Gasteiger partial charge in [-0.25, -0.2) is 8.78 Å². The normalized spacial score (nSPS) is 27.6. The highest BCUT2D eigenvalue weighted by atomic mass is 19.1. The van der Waals surface area contributed by atoms with Crippen molar-refractivity contribution in [3.8, 4) is 0 Å². The minimum atomic E-state index is -0.538. The van der Waals surface area contributed by atoms with Crippen molar-refractivity contribution >= 4 is 5.69 Å². The molecule has 2 aliphatic rings. The van der Waals surface area contributed by atoms with Gasteiger partial charge in [0.2, 0.25) is 0 Å². The van der Waals surface area contributed by atoms with E-state index in [4.69, 9.17) is 4.74 Å². The summed E-state index contributed by atoms with van der Waals surface area (Å²) in [7, 11) is 0. The monoisotopic (exact) mass is 281 g/mol. The Hall–Kier alpha value is -1.16. The number of nitrogens with one attached hydrogen (secondary N) is 1. The van der Waals surface area contributed by atoms with Gasteiger partial charge >= 0.3 is 0 Å². The fraction of sp³-hybridized carbons (Fsp3) is 0.625. The molecule has 2 nitrogen and oxygen atoms in total. The van der Waals surface area contributed by atoms with Crippen LogP contribution in [0.3, 0.4) is 0 Å². The maximum atomic E-state index is 13.8. The Balaban J connectivity index is 1.74. The molecule has 2 aliphatic carbocycles. The van der Waals surface area contributed by atoms with E-state index in [1.54, 1.807) is 0 Å². The predicted molar refractivity (Wildman–Crippen MR) is 74.7 cm³/mol. The molecule has 1 N–H and O–H groups in total. The van der Waals surface area contributed by atoms with E-state index in [9.17, 15) is 8.78 Å². The summed E-state index contributed by atoms with van der Waals surface area (Å²) in [4.78, 5) is 0. The maximum Gasteiger partial charge on any atom is 0.149 e. The van der Waals surface area contributed by atoms with Gasteiger partial charge in [0.1, 0.15) is 11.6 Å². The summed E-state index contributed by atoms with van der Waals surface area (Å²) in [5.41, 5.74) is 0.550.